The number of Topliss-reactive ketones (excluding diaryl/α,β-unsaturated/α-hetero) is 1. The number of hydrogen-bond donors (Lipinski definition) is 0. The maximum atomic E-state index is 12.2. The van der Waals surface area contributed by atoms with Gasteiger partial charge in [-0.1, -0.05) is 15.9 Å². The second-order valence-corrected chi connectivity index (χ2v) is 7.33. The van der Waals surface area contributed by atoms with E-state index < -0.39 is 11.9 Å². The minimum absolute atomic E-state index is 0.0804. The average molecular weight is 393 g/mol. The van der Waals surface area contributed by atoms with Crippen molar-refractivity contribution in [3.63, 3.8) is 0 Å². The molecule has 2 fully saturated rings. The summed E-state index contributed by atoms with van der Waals surface area (Å²) in [6.07, 6.45) is 3.05. The SMILES string of the molecule is COC(=O)CCCC(Br)C1CC2C(=O)CCC2(C(OC)OC)O1. The molecule has 1 saturated heterocycles. The molecule has 2 rings (SSSR count). The minimum atomic E-state index is -0.681. The third-order valence-electron chi connectivity index (χ3n) is 4.90. The summed E-state index contributed by atoms with van der Waals surface area (Å²) < 4.78 is 21.8. The molecule has 0 bridgehead atoms. The smallest absolute Gasteiger partial charge is 0.305 e. The third-order valence-corrected chi connectivity index (χ3v) is 5.95. The number of carbonyl (C=O) groups excluding carboxylic acids is 2. The molecule has 0 N–H and O–H groups in total. The highest BCUT2D eigenvalue weighted by Crippen LogP contribution is 2.50. The van der Waals surface area contributed by atoms with Gasteiger partial charge in [-0.2, -0.15) is 0 Å². The second kappa shape index (κ2) is 8.05. The minimum Gasteiger partial charge on any atom is -0.469 e. The van der Waals surface area contributed by atoms with E-state index in [1.165, 1.54) is 7.11 Å². The standard InChI is InChI=1S/C16H25BrO6/c1-20-14(19)6-4-5-11(17)13-9-10-12(18)7-8-16(10,23-13)15(21-2)22-3/h10-11,13,15H,4-9H2,1-3H3. The first kappa shape index (κ1) is 18.8. The molecule has 132 valence electrons. The molecule has 1 aliphatic carbocycles. The zero-order chi connectivity index (χ0) is 17.0. The first-order chi connectivity index (χ1) is 11.0. The third kappa shape index (κ3) is 3.78. The lowest BCUT2D eigenvalue weighted by Gasteiger charge is -2.35. The highest BCUT2D eigenvalue weighted by atomic mass is 79.9. The van der Waals surface area contributed by atoms with Gasteiger partial charge in [-0.3, -0.25) is 9.59 Å². The molecular formula is C16H25BrO6. The lowest BCUT2D eigenvalue weighted by Crippen LogP contribution is -2.47. The Morgan fingerprint density at radius 1 is 1.39 bits per heavy atom. The number of halogens is 1. The van der Waals surface area contributed by atoms with Crippen LogP contribution in [0.3, 0.4) is 0 Å². The van der Waals surface area contributed by atoms with E-state index in [1.807, 2.05) is 0 Å². The molecule has 23 heavy (non-hydrogen) atoms. The van der Waals surface area contributed by atoms with Gasteiger partial charge < -0.3 is 18.9 Å². The lowest BCUT2D eigenvalue weighted by molar-refractivity contribution is -0.233. The van der Waals surface area contributed by atoms with Crippen molar-refractivity contribution < 1.29 is 28.5 Å². The van der Waals surface area contributed by atoms with E-state index in [4.69, 9.17) is 14.2 Å². The molecule has 0 spiro atoms. The van der Waals surface area contributed by atoms with Crippen LogP contribution >= 0.6 is 15.9 Å². The monoisotopic (exact) mass is 392 g/mol. The summed E-state index contributed by atoms with van der Waals surface area (Å²) in [5.41, 5.74) is -0.681. The second-order valence-electron chi connectivity index (χ2n) is 6.15. The molecule has 4 atom stereocenters. The maximum Gasteiger partial charge on any atom is 0.305 e. The predicted molar refractivity (Wildman–Crippen MR) is 86.3 cm³/mol. The Bertz CT molecular complexity index is 438. The number of esters is 1. The van der Waals surface area contributed by atoms with Crippen molar-refractivity contribution in [2.45, 2.75) is 61.3 Å². The molecule has 2 aliphatic rings. The molecule has 0 amide bonds. The van der Waals surface area contributed by atoms with Gasteiger partial charge in [-0.15, -0.1) is 0 Å². The van der Waals surface area contributed by atoms with Crippen molar-refractivity contribution >= 4 is 27.7 Å². The number of ketones is 1. The molecule has 1 heterocycles. The summed E-state index contributed by atoms with van der Waals surface area (Å²) in [6.45, 7) is 0. The van der Waals surface area contributed by atoms with E-state index in [0.717, 1.165) is 6.42 Å². The quantitative estimate of drug-likeness (QED) is 0.358. The Labute approximate surface area is 145 Å². The van der Waals surface area contributed by atoms with Crippen LogP contribution in [0.2, 0.25) is 0 Å². The topological polar surface area (TPSA) is 71.1 Å². The molecule has 7 heteroatoms. The van der Waals surface area contributed by atoms with Crippen LogP contribution in [0.15, 0.2) is 0 Å². The summed E-state index contributed by atoms with van der Waals surface area (Å²) in [5.74, 6) is -0.168. The van der Waals surface area contributed by atoms with Gasteiger partial charge in [-0.05, 0) is 25.7 Å². The van der Waals surface area contributed by atoms with Gasteiger partial charge in [0, 0.05) is 31.9 Å². The Kier molecular flexibility index (Phi) is 6.59. The number of alkyl halides is 1. The molecule has 0 aromatic carbocycles. The summed E-state index contributed by atoms with van der Waals surface area (Å²) >= 11 is 3.65. The van der Waals surface area contributed by atoms with Crippen molar-refractivity contribution in [2.24, 2.45) is 5.92 Å². The van der Waals surface area contributed by atoms with Crippen molar-refractivity contribution in [1.29, 1.82) is 0 Å². The molecular weight excluding hydrogens is 368 g/mol. The normalized spacial score (nSPS) is 31.4. The van der Waals surface area contributed by atoms with Gasteiger partial charge in [0.25, 0.3) is 0 Å². The summed E-state index contributed by atoms with van der Waals surface area (Å²) in [4.78, 5) is 23.5. The molecule has 0 aromatic heterocycles. The highest BCUT2D eigenvalue weighted by Gasteiger charge is 2.61. The van der Waals surface area contributed by atoms with Crippen LogP contribution in [0.5, 0.6) is 0 Å². The fourth-order valence-corrected chi connectivity index (χ4v) is 4.40. The number of rotatable bonds is 8. The molecule has 1 aliphatic heterocycles. The number of methoxy groups -OCH3 is 3. The first-order valence-corrected chi connectivity index (χ1v) is 8.87. The first-order valence-electron chi connectivity index (χ1n) is 7.95. The number of carbonyl (C=O) groups is 2. The van der Waals surface area contributed by atoms with E-state index >= 15 is 0 Å². The summed E-state index contributed by atoms with van der Waals surface area (Å²) in [7, 11) is 4.53. The van der Waals surface area contributed by atoms with Gasteiger partial charge in [0.1, 0.15) is 11.4 Å². The Balaban J connectivity index is 1.98. The zero-order valence-electron chi connectivity index (χ0n) is 13.9. The average Bonchev–Trinajstić information content (AvgIpc) is 3.07. The summed E-state index contributed by atoms with van der Waals surface area (Å²) in [5, 5.41) is 0. The maximum absolute atomic E-state index is 12.2. The lowest BCUT2D eigenvalue weighted by atomic mass is 9.88. The van der Waals surface area contributed by atoms with Gasteiger partial charge in [0.05, 0.1) is 19.1 Å². The van der Waals surface area contributed by atoms with E-state index in [9.17, 15) is 9.59 Å². The van der Waals surface area contributed by atoms with Crippen molar-refractivity contribution in [1.82, 2.24) is 0 Å². The summed E-state index contributed by atoms with van der Waals surface area (Å²) in [6, 6.07) is 0. The van der Waals surface area contributed by atoms with Crippen LogP contribution in [0.4, 0.5) is 0 Å². The van der Waals surface area contributed by atoms with Gasteiger partial charge in [0.2, 0.25) is 0 Å². The van der Waals surface area contributed by atoms with Crippen LogP contribution < -0.4 is 0 Å². The van der Waals surface area contributed by atoms with Crippen molar-refractivity contribution in [2.75, 3.05) is 21.3 Å². The number of hydrogen-bond acceptors (Lipinski definition) is 6. The van der Waals surface area contributed by atoms with Gasteiger partial charge in [-0.25, -0.2) is 0 Å². The zero-order valence-corrected chi connectivity index (χ0v) is 15.5. The largest absolute Gasteiger partial charge is 0.469 e. The van der Waals surface area contributed by atoms with E-state index in [-0.39, 0.29) is 28.6 Å². The van der Waals surface area contributed by atoms with Crippen LogP contribution in [-0.2, 0) is 28.5 Å². The Morgan fingerprint density at radius 2 is 2.09 bits per heavy atom. The fourth-order valence-electron chi connectivity index (χ4n) is 3.76. The Hall–Kier alpha value is -0.500. The van der Waals surface area contributed by atoms with Gasteiger partial charge in [0.15, 0.2) is 6.29 Å². The highest BCUT2D eigenvalue weighted by molar-refractivity contribution is 9.09. The van der Waals surface area contributed by atoms with Crippen molar-refractivity contribution in [3.8, 4) is 0 Å². The van der Waals surface area contributed by atoms with E-state index in [1.54, 1.807) is 14.2 Å². The van der Waals surface area contributed by atoms with Gasteiger partial charge >= 0.3 is 5.97 Å². The molecule has 0 aromatic rings. The van der Waals surface area contributed by atoms with Crippen LogP contribution in [0.25, 0.3) is 0 Å². The Morgan fingerprint density at radius 3 is 2.70 bits per heavy atom. The number of fused-ring (bicyclic) bond motifs is 1. The van der Waals surface area contributed by atoms with Crippen LogP contribution in [-0.4, -0.2) is 55.9 Å². The van der Waals surface area contributed by atoms with E-state index in [2.05, 4.69) is 20.7 Å². The van der Waals surface area contributed by atoms with Crippen LogP contribution in [0.1, 0.15) is 38.5 Å². The van der Waals surface area contributed by atoms with Crippen LogP contribution in [0, 0.1) is 5.92 Å². The molecule has 4 unspecified atom stereocenters. The van der Waals surface area contributed by atoms with Crippen molar-refractivity contribution in [3.05, 3.63) is 0 Å². The molecule has 0 radical (unpaired) electrons. The molecule has 6 nitrogen and oxygen atoms in total. The fraction of sp³-hybridized carbons (Fsp3) is 0.875. The predicted octanol–water partition coefficient (Wildman–Crippen LogP) is 2.22. The van der Waals surface area contributed by atoms with E-state index in [0.29, 0.717) is 32.1 Å². The molecule has 1 saturated carbocycles. The number of ether oxygens (including phenoxy) is 4.